The van der Waals surface area contributed by atoms with Crippen molar-refractivity contribution in [3.8, 4) is 0 Å². The Morgan fingerprint density at radius 1 is 1.33 bits per heavy atom. The fraction of sp³-hybridized carbons (Fsp3) is 0.154. The molecule has 0 spiro atoms. The van der Waals surface area contributed by atoms with Crippen molar-refractivity contribution < 1.29 is 0 Å². The largest absolute Gasteiger partial charge is 0.373 e. The molecule has 1 aromatic heterocycles. The van der Waals surface area contributed by atoms with E-state index in [1.807, 2.05) is 31.3 Å². The van der Waals surface area contributed by atoms with Crippen LogP contribution in [0.4, 0.5) is 5.82 Å². The Kier molecular flexibility index (Phi) is 4.92. The number of nitrogens with one attached hydrogen (secondary N) is 1. The summed E-state index contributed by atoms with van der Waals surface area (Å²) in [6.45, 7) is 0. The lowest BCUT2D eigenvalue weighted by Gasteiger charge is -2.06. The van der Waals surface area contributed by atoms with Gasteiger partial charge in [-0.1, -0.05) is 33.6 Å². The third-order valence-electron chi connectivity index (χ3n) is 2.35. The van der Waals surface area contributed by atoms with Crippen LogP contribution in [-0.2, 0) is 5.75 Å². The average molecular weight is 344 g/mol. The van der Waals surface area contributed by atoms with Crippen molar-refractivity contribution >= 4 is 45.1 Å². The highest BCUT2D eigenvalue weighted by atomic mass is 79.9. The van der Waals surface area contributed by atoms with Gasteiger partial charge in [-0.2, -0.15) is 0 Å². The molecule has 18 heavy (non-hydrogen) atoms. The number of rotatable bonds is 4. The van der Waals surface area contributed by atoms with E-state index in [2.05, 4.69) is 38.4 Å². The lowest BCUT2D eigenvalue weighted by molar-refractivity contribution is 1.16. The Balaban J connectivity index is 2.10. The molecule has 5 heteroatoms. The maximum atomic E-state index is 6.14. The summed E-state index contributed by atoms with van der Waals surface area (Å²) in [6, 6.07) is 11.9. The van der Waals surface area contributed by atoms with Crippen molar-refractivity contribution in [3.05, 3.63) is 51.6 Å². The first-order valence-electron chi connectivity index (χ1n) is 5.40. The number of nitrogens with zero attached hydrogens (tertiary/aromatic N) is 1. The number of pyridine rings is 1. The predicted octanol–water partition coefficient (Wildman–Crippen LogP) is 4.83. The van der Waals surface area contributed by atoms with Crippen LogP contribution in [0, 0.1) is 0 Å². The van der Waals surface area contributed by atoms with Gasteiger partial charge in [-0.05, 0) is 30.3 Å². The summed E-state index contributed by atoms with van der Waals surface area (Å²) in [6.07, 6.45) is 0. The summed E-state index contributed by atoms with van der Waals surface area (Å²) in [5, 5.41) is 3.72. The standard InChI is InChI=1S/C13H12BrClN2S/c1-16-13-6-5-11(15)12(17-13)8-18-10-4-2-3-9(14)7-10/h2-7H,8H2,1H3,(H,16,17). The minimum atomic E-state index is 0.705. The first-order chi connectivity index (χ1) is 8.69. The molecule has 2 nitrogen and oxygen atoms in total. The van der Waals surface area contributed by atoms with Gasteiger partial charge in [0.2, 0.25) is 0 Å². The molecule has 0 aliphatic rings. The van der Waals surface area contributed by atoms with Gasteiger partial charge >= 0.3 is 0 Å². The Hall–Kier alpha value is -0.710. The second-order valence-corrected chi connectivity index (χ2v) is 5.99. The zero-order valence-corrected chi connectivity index (χ0v) is 12.9. The molecule has 0 unspecified atom stereocenters. The fourth-order valence-electron chi connectivity index (χ4n) is 1.43. The van der Waals surface area contributed by atoms with E-state index in [1.54, 1.807) is 11.8 Å². The third kappa shape index (κ3) is 3.64. The van der Waals surface area contributed by atoms with Crippen LogP contribution in [-0.4, -0.2) is 12.0 Å². The third-order valence-corrected chi connectivity index (χ3v) is 4.19. The molecule has 94 valence electrons. The number of halogens is 2. The second-order valence-electron chi connectivity index (χ2n) is 3.62. The Bertz CT molecular complexity index is 548. The lowest BCUT2D eigenvalue weighted by atomic mass is 10.3. The summed E-state index contributed by atoms with van der Waals surface area (Å²) in [5.74, 6) is 1.59. The molecule has 0 aliphatic carbocycles. The summed E-state index contributed by atoms with van der Waals surface area (Å²) < 4.78 is 1.08. The molecule has 2 aromatic rings. The van der Waals surface area contributed by atoms with Crippen LogP contribution in [0.2, 0.25) is 5.02 Å². The van der Waals surface area contributed by atoms with E-state index in [-0.39, 0.29) is 0 Å². The van der Waals surface area contributed by atoms with Crippen LogP contribution < -0.4 is 5.32 Å². The van der Waals surface area contributed by atoms with Crippen LogP contribution >= 0.6 is 39.3 Å². The van der Waals surface area contributed by atoms with E-state index in [1.165, 1.54) is 4.90 Å². The second kappa shape index (κ2) is 6.45. The highest BCUT2D eigenvalue weighted by molar-refractivity contribution is 9.10. The van der Waals surface area contributed by atoms with Crippen molar-refractivity contribution in [2.75, 3.05) is 12.4 Å². The molecule has 0 amide bonds. The molecule has 0 bridgehead atoms. The topological polar surface area (TPSA) is 24.9 Å². The first-order valence-corrected chi connectivity index (χ1v) is 7.56. The number of hydrogen-bond acceptors (Lipinski definition) is 3. The fourth-order valence-corrected chi connectivity index (χ4v) is 3.14. The van der Waals surface area contributed by atoms with Gasteiger partial charge in [-0.15, -0.1) is 11.8 Å². The summed E-state index contributed by atoms with van der Waals surface area (Å²) >= 11 is 11.3. The smallest absolute Gasteiger partial charge is 0.126 e. The first kappa shape index (κ1) is 13.7. The van der Waals surface area contributed by atoms with Gasteiger partial charge in [-0.25, -0.2) is 4.98 Å². The summed E-state index contributed by atoms with van der Waals surface area (Å²) in [5.41, 5.74) is 0.897. The predicted molar refractivity (Wildman–Crippen MR) is 82.5 cm³/mol. The normalized spacial score (nSPS) is 10.4. The van der Waals surface area contributed by atoms with Gasteiger partial charge in [-0.3, -0.25) is 0 Å². The Morgan fingerprint density at radius 3 is 2.89 bits per heavy atom. The summed E-state index contributed by atoms with van der Waals surface area (Å²) in [4.78, 5) is 5.64. The molecule has 0 fully saturated rings. The molecular formula is C13H12BrClN2S. The minimum Gasteiger partial charge on any atom is -0.373 e. The van der Waals surface area contributed by atoms with E-state index in [4.69, 9.17) is 11.6 Å². The van der Waals surface area contributed by atoms with Gasteiger partial charge in [0, 0.05) is 22.2 Å². The molecule has 1 heterocycles. The monoisotopic (exact) mass is 342 g/mol. The van der Waals surface area contributed by atoms with Gasteiger partial charge < -0.3 is 5.32 Å². The highest BCUT2D eigenvalue weighted by Gasteiger charge is 2.04. The molecule has 2 rings (SSSR count). The SMILES string of the molecule is CNc1ccc(Cl)c(CSc2cccc(Br)c2)n1. The molecule has 0 saturated carbocycles. The van der Waals surface area contributed by atoms with Crippen molar-refractivity contribution in [2.24, 2.45) is 0 Å². The maximum Gasteiger partial charge on any atom is 0.126 e. The van der Waals surface area contributed by atoms with Gasteiger partial charge in [0.25, 0.3) is 0 Å². The summed E-state index contributed by atoms with van der Waals surface area (Å²) in [7, 11) is 1.85. The van der Waals surface area contributed by atoms with Crippen molar-refractivity contribution in [1.82, 2.24) is 4.98 Å². The zero-order chi connectivity index (χ0) is 13.0. The number of hydrogen-bond donors (Lipinski definition) is 1. The van der Waals surface area contributed by atoms with Crippen molar-refractivity contribution in [3.63, 3.8) is 0 Å². The molecule has 1 aromatic carbocycles. The molecule has 1 N–H and O–H groups in total. The Morgan fingerprint density at radius 2 is 2.17 bits per heavy atom. The number of thioether (sulfide) groups is 1. The quantitative estimate of drug-likeness (QED) is 0.805. The molecule has 0 saturated heterocycles. The van der Waals surface area contributed by atoms with E-state index < -0.39 is 0 Å². The Labute approximate surface area is 124 Å². The van der Waals surface area contributed by atoms with Crippen LogP contribution in [0.3, 0.4) is 0 Å². The average Bonchev–Trinajstić information content (AvgIpc) is 2.38. The molecule has 0 aliphatic heterocycles. The van der Waals surface area contributed by atoms with Crippen LogP contribution in [0.1, 0.15) is 5.69 Å². The van der Waals surface area contributed by atoms with Gasteiger partial charge in [0.05, 0.1) is 10.7 Å². The molecule has 0 radical (unpaired) electrons. The minimum absolute atomic E-state index is 0.705. The lowest BCUT2D eigenvalue weighted by Crippen LogP contribution is -1.96. The molecule has 0 atom stereocenters. The van der Waals surface area contributed by atoms with Crippen LogP contribution in [0.25, 0.3) is 0 Å². The van der Waals surface area contributed by atoms with Crippen molar-refractivity contribution in [2.45, 2.75) is 10.6 Å². The van der Waals surface area contributed by atoms with E-state index in [0.717, 1.165) is 21.7 Å². The van der Waals surface area contributed by atoms with E-state index in [0.29, 0.717) is 5.02 Å². The van der Waals surface area contributed by atoms with Gasteiger partial charge in [0.1, 0.15) is 5.82 Å². The maximum absolute atomic E-state index is 6.14. The van der Waals surface area contributed by atoms with E-state index in [9.17, 15) is 0 Å². The van der Waals surface area contributed by atoms with E-state index >= 15 is 0 Å². The molecular weight excluding hydrogens is 332 g/mol. The highest BCUT2D eigenvalue weighted by Crippen LogP contribution is 2.28. The van der Waals surface area contributed by atoms with Crippen LogP contribution in [0.15, 0.2) is 45.8 Å². The number of anilines is 1. The van der Waals surface area contributed by atoms with Gasteiger partial charge in [0.15, 0.2) is 0 Å². The van der Waals surface area contributed by atoms with Crippen molar-refractivity contribution in [1.29, 1.82) is 0 Å². The number of benzene rings is 1. The van der Waals surface area contributed by atoms with Crippen LogP contribution in [0.5, 0.6) is 0 Å². The zero-order valence-electron chi connectivity index (χ0n) is 9.78. The number of aromatic nitrogens is 1.